The van der Waals surface area contributed by atoms with E-state index in [2.05, 4.69) is 35.4 Å². The molecule has 0 aliphatic carbocycles. The number of amides is 1. The highest BCUT2D eigenvalue weighted by Gasteiger charge is 2.14. The van der Waals surface area contributed by atoms with Gasteiger partial charge in [0.15, 0.2) is 0 Å². The zero-order valence-corrected chi connectivity index (χ0v) is 12.1. The highest BCUT2D eigenvalue weighted by atomic mass is 16.1. The summed E-state index contributed by atoms with van der Waals surface area (Å²) in [7, 11) is 0. The van der Waals surface area contributed by atoms with Crippen molar-refractivity contribution in [2.75, 3.05) is 5.32 Å². The van der Waals surface area contributed by atoms with Crippen molar-refractivity contribution >= 4 is 23.7 Å². The van der Waals surface area contributed by atoms with Crippen LogP contribution in [-0.2, 0) is 17.6 Å². The summed E-state index contributed by atoms with van der Waals surface area (Å²) in [5.41, 5.74) is 5.77. The van der Waals surface area contributed by atoms with Crippen molar-refractivity contribution in [3.05, 3.63) is 58.9 Å². The minimum atomic E-state index is 0.107. The number of carbonyl (C=O) groups is 1. The molecule has 2 heterocycles. The van der Waals surface area contributed by atoms with E-state index in [9.17, 15) is 4.79 Å². The lowest BCUT2D eigenvalue weighted by molar-refractivity contribution is -0.116. The number of carbonyl (C=O) groups excluding carboxylic acids is 1. The second-order valence-corrected chi connectivity index (χ2v) is 5.23. The van der Waals surface area contributed by atoms with Gasteiger partial charge in [-0.2, -0.15) is 0 Å². The fourth-order valence-electron chi connectivity index (χ4n) is 2.59. The Morgan fingerprint density at radius 1 is 1.24 bits per heavy atom. The standard InChI is InChI=1S/C18H18N2O/c1-2-14-12-19-10-9-15(14)5-3-13-4-7-17-16(11-13)6-8-18(21)20-17/h3-5,7,9-12H,2,6,8H2,1H3,(H,20,21)/b5-3+. The second kappa shape index (κ2) is 5.92. The maximum Gasteiger partial charge on any atom is 0.224 e. The summed E-state index contributed by atoms with van der Waals surface area (Å²) in [6.07, 6.45) is 10.4. The molecule has 0 radical (unpaired) electrons. The van der Waals surface area contributed by atoms with Crippen molar-refractivity contribution in [2.45, 2.75) is 26.2 Å². The molecular weight excluding hydrogens is 260 g/mol. The van der Waals surface area contributed by atoms with Gasteiger partial charge in [-0.25, -0.2) is 0 Å². The zero-order chi connectivity index (χ0) is 14.7. The Hall–Kier alpha value is -2.42. The maximum atomic E-state index is 11.4. The van der Waals surface area contributed by atoms with Gasteiger partial charge in [-0.1, -0.05) is 25.1 Å². The summed E-state index contributed by atoms with van der Waals surface area (Å²) in [5, 5.41) is 2.91. The number of hydrogen-bond donors (Lipinski definition) is 1. The van der Waals surface area contributed by atoms with E-state index >= 15 is 0 Å². The fraction of sp³-hybridized carbons (Fsp3) is 0.222. The first-order valence-electron chi connectivity index (χ1n) is 7.30. The number of aromatic nitrogens is 1. The minimum Gasteiger partial charge on any atom is -0.326 e. The Morgan fingerprint density at radius 3 is 3.00 bits per heavy atom. The molecule has 0 bridgehead atoms. The molecule has 3 nitrogen and oxygen atoms in total. The van der Waals surface area contributed by atoms with Crippen molar-refractivity contribution in [1.82, 2.24) is 4.98 Å². The number of nitrogens with one attached hydrogen (secondary N) is 1. The zero-order valence-electron chi connectivity index (χ0n) is 12.1. The van der Waals surface area contributed by atoms with Crippen LogP contribution in [0.15, 0.2) is 36.7 Å². The molecule has 3 heteroatoms. The molecule has 2 aromatic rings. The Labute approximate surface area is 124 Å². The molecule has 0 spiro atoms. The lowest BCUT2D eigenvalue weighted by atomic mass is 9.99. The number of benzene rings is 1. The Morgan fingerprint density at radius 2 is 2.14 bits per heavy atom. The molecule has 1 aliphatic heterocycles. The maximum absolute atomic E-state index is 11.4. The molecular formula is C18H18N2O. The summed E-state index contributed by atoms with van der Waals surface area (Å²) in [6, 6.07) is 8.21. The van der Waals surface area contributed by atoms with Gasteiger partial charge in [-0.15, -0.1) is 0 Å². The third-order valence-electron chi connectivity index (χ3n) is 3.80. The lowest BCUT2D eigenvalue weighted by Crippen LogP contribution is -2.18. The number of fused-ring (bicyclic) bond motifs is 1. The van der Waals surface area contributed by atoms with E-state index in [1.807, 2.05) is 30.6 Å². The van der Waals surface area contributed by atoms with Crippen molar-refractivity contribution < 1.29 is 4.79 Å². The van der Waals surface area contributed by atoms with Crippen LogP contribution in [0.3, 0.4) is 0 Å². The molecule has 1 aromatic carbocycles. The average molecular weight is 278 g/mol. The third-order valence-corrected chi connectivity index (χ3v) is 3.80. The van der Waals surface area contributed by atoms with E-state index in [4.69, 9.17) is 0 Å². The molecule has 1 N–H and O–H groups in total. The SMILES string of the molecule is CCc1cnccc1/C=C/c1ccc2c(c1)CCC(=O)N2. The highest BCUT2D eigenvalue weighted by Crippen LogP contribution is 2.24. The number of rotatable bonds is 3. The summed E-state index contributed by atoms with van der Waals surface area (Å²) >= 11 is 0. The van der Waals surface area contributed by atoms with Crippen molar-refractivity contribution in [2.24, 2.45) is 0 Å². The van der Waals surface area contributed by atoms with Crippen molar-refractivity contribution in [1.29, 1.82) is 0 Å². The second-order valence-electron chi connectivity index (χ2n) is 5.23. The van der Waals surface area contributed by atoms with E-state index in [0.29, 0.717) is 6.42 Å². The highest BCUT2D eigenvalue weighted by molar-refractivity contribution is 5.94. The summed E-state index contributed by atoms with van der Waals surface area (Å²) in [4.78, 5) is 15.5. The quantitative estimate of drug-likeness (QED) is 0.930. The van der Waals surface area contributed by atoms with Crippen LogP contribution >= 0.6 is 0 Å². The summed E-state index contributed by atoms with van der Waals surface area (Å²) < 4.78 is 0. The molecule has 106 valence electrons. The van der Waals surface area contributed by atoms with Gasteiger partial charge in [0.2, 0.25) is 5.91 Å². The molecule has 0 fully saturated rings. The smallest absolute Gasteiger partial charge is 0.224 e. The molecule has 0 saturated heterocycles. The number of hydrogen-bond acceptors (Lipinski definition) is 2. The van der Waals surface area contributed by atoms with Gasteiger partial charge >= 0.3 is 0 Å². The first-order chi connectivity index (χ1) is 10.3. The van der Waals surface area contributed by atoms with E-state index in [0.717, 1.165) is 24.1 Å². The van der Waals surface area contributed by atoms with Crippen molar-refractivity contribution in [3.63, 3.8) is 0 Å². The number of anilines is 1. The van der Waals surface area contributed by atoms with E-state index in [-0.39, 0.29) is 5.91 Å². The Kier molecular flexibility index (Phi) is 3.82. The number of pyridine rings is 1. The minimum absolute atomic E-state index is 0.107. The first kappa shape index (κ1) is 13.6. The average Bonchev–Trinajstić information content (AvgIpc) is 2.53. The van der Waals surface area contributed by atoms with Crippen LogP contribution in [0.2, 0.25) is 0 Å². The van der Waals surface area contributed by atoms with Gasteiger partial charge in [0.1, 0.15) is 0 Å². The van der Waals surface area contributed by atoms with Crippen LogP contribution in [0.5, 0.6) is 0 Å². The van der Waals surface area contributed by atoms with Crippen LogP contribution in [0.4, 0.5) is 5.69 Å². The van der Waals surface area contributed by atoms with Gasteiger partial charge in [0.25, 0.3) is 0 Å². The van der Waals surface area contributed by atoms with Crippen molar-refractivity contribution in [3.8, 4) is 0 Å². The largest absolute Gasteiger partial charge is 0.326 e. The monoisotopic (exact) mass is 278 g/mol. The third kappa shape index (κ3) is 3.02. The summed E-state index contributed by atoms with van der Waals surface area (Å²) in [5.74, 6) is 0.107. The molecule has 0 saturated carbocycles. The Balaban J connectivity index is 1.85. The number of nitrogens with zero attached hydrogens (tertiary/aromatic N) is 1. The van der Waals surface area contributed by atoms with Crippen LogP contribution < -0.4 is 5.32 Å². The van der Waals surface area contributed by atoms with Crippen LogP contribution in [0, 0.1) is 0 Å². The molecule has 0 atom stereocenters. The van der Waals surface area contributed by atoms with Crippen LogP contribution in [0.25, 0.3) is 12.2 Å². The van der Waals surface area contributed by atoms with Gasteiger partial charge in [0, 0.05) is 24.5 Å². The lowest BCUT2D eigenvalue weighted by Gasteiger charge is -2.16. The normalized spacial score (nSPS) is 14.0. The van der Waals surface area contributed by atoms with Gasteiger partial charge < -0.3 is 5.32 Å². The van der Waals surface area contributed by atoms with E-state index < -0.39 is 0 Å². The predicted molar refractivity (Wildman–Crippen MR) is 85.9 cm³/mol. The molecule has 1 aliphatic rings. The molecule has 21 heavy (non-hydrogen) atoms. The van der Waals surface area contributed by atoms with Crippen LogP contribution in [0.1, 0.15) is 35.6 Å². The number of aryl methyl sites for hydroxylation is 2. The van der Waals surface area contributed by atoms with Crippen LogP contribution in [-0.4, -0.2) is 10.9 Å². The summed E-state index contributed by atoms with van der Waals surface area (Å²) in [6.45, 7) is 2.13. The predicted octanol–water partition coefficient (Wildman–Crippen LogP) is 3.70. The molecule has 3 rings (SSSR count). The molecule has 1 amide bonds. The molecule has 1 aromatic heterocycles. The van der Waals surface area contributed by atoms with Gasteiger partial charge in [-0.05, 0) is 53.3 Å². The van der Waals surface area contributed by atoms with E-state index in [1.54, 1.807) is 0 Å². The topological polar surface area (TPSA) is 42.0 Å². The van der Waals surface area contributed by atoms with Gasteiger partial charge in [0.05, 0.1) is 0 Å². The fourth-order valence-corrected chi connectivity index (χ4v) is 2.59. The first-order valence-corrected chi connectivity index (χ1v) is 7.30. The molecule has 0 unspecified atom stereocenters. The Bertz CT molecular complexity index is 704. The van der Waals surface area contributed by atoms with E-state index in [1.165, 1.54) is 16.7 Å². The van der Waals surface area contributed by atoms with Gasteiger partial charge in [-0.3, -0.25) is 9.78 Å².